The van der Waals surface area contributed by atoms with Gasteiger partial charge in [-0.25, -0.2) is 17.2 Å². The highest BCUT2D eigenvalue weighted by atomic mass is 127. The van der Waals surface area contributed by atoms with Gasteiger partial charge in [0, 0.05) is 27.0 Å². The third-order valence-corrected chi connectivity index (χ3v) is 6.52. The summed E-state index contributed by atoms with van der Waals surface area (Å²) in [7, 11) is -3.55. The minimum Gasteiger partial charge on any atom is -0.755 e. The predicted molar refractivity (Wildman–Crippen MR) is 131 cm³/mol. The number of benzene rings is 3. The number of halogens is 3. The van der Waals surface area contributed by atoms with Crippen molar-refractivity contribution in [2.24, 2.45) is 0 Å². The molecule has 0 saturated carbocycles. The number of rotatable bonds is 9. The lowest BCUT2D eigenvalue weighted by Gasteiger charge is -2.20. The molecule has 0 saturated heterocycles. The number of ether oxygens (including phenoxy) is 1. The third-order valence-electron chi connectivity index (χ3n) is 4.17. The van der Waals surface area contributed by atoms with Gasteiger partial charge in [0.25, 0.3) is 0 Å². The molecular formula is C20H17F2IN3O5S2-. The van der Waals surface area contributed by atoms with Crippen LogP contribution in [0.1, 0.15) is 6.92 Å². The molecule has 3 rings (SSSR count). The molecule has 0 spiro atoms. The van der Waals surface area contributed by atoms with Crippen molar-refractivity contribution < 1.29 is 30.7 Å². The largest absolute Gasteiger partial charge is 0.755 e. The van der Waals surface area contributed by atoms with E-state index in [2.05, 4.69) is 14.8 Å². The van der Waals surface area contributed by atoms with Gasteiger partial charge < -0.3 is 19.3 Å². The lowest BCUT2D eigenvalue weighted by atomic mass is 10.2. The quantitative estimate of drug-likeness (QED) is 0.231. The molecular weight excluding hydrogens is 591 g/mol. The Morgan fingerprint density at radius 3 is 2.52 bits per heavy atom. The number of hydrogen-bond acceptors (Lipinski definition) is 6. The maximum absolute atomic E-state index is 14.4. The number of nitrogens with one attached hydrogen (secondary N) is 3. The zero-order valence-electron chi connectivity index (χ0n) is 16.9. The van der Waals surface area contributed by atoms with Crippen molar-refractivity contribution >= 4 is 66.6 Å². The Hall–Kier alpha value is -2.49. The number of hydrogen-bond donors (Lipinski definition) is 3. The first-order valence-electron chi connectivity index (χ1n) is 9.26. The van der Waals surface area contributed by atoms with Crippen molar-refractivity contribution in [1.82, 2.24) is 0 Å². The van der Waals surface area contributed by atoms with Gasteiger partial charge in [0.2, 0.25) is 10.0 Å². The lowest BCUT2D eigenvalue weighted by molar-refractivity contribution is 0.479. The molecule has 3 aromatic carbocycles. The van der Waals surface area contributed by atoms with Gasteiger partial charge in [-0.2, -0.15) is 0 Å². The molecule has 176 valence electrons. The van der Waals surface area contributed by atoms with Gasteiger partial charge in [-0.15, -0.1) is 0 Å². The van der Waals surface area contributed by atoms with E-state index in [1.54, 1.807) is 6.07 Å². The van der Waals surface area contributed by atoms with E-state index in [0.717, 1.165) is 12.1 Å². The second-order valence-corrected chi connectivity index (χ2v) is 10.5. The summed E-state index contributed by atoms with van der Waals surface area (Å²) in [5.41, 5.74) is -0.0889. The Morgan fingerprint density at radius 2 is 1.85 bits per heavy atom. The standard InChI is InChI=1S/C20H18F2IN3O5S2/c1-2-33(29,30)26-14-4-3-5-15(11-14)31-19-9-12(21)8-18(20(19)25-32(27)28)24-17-7-6-13(23)10-16(17)22/h3-11,24-26H,2H2,1H3,(H,27,28)/p-1. The molecule has 3 aromatic rings. The summed E-state index contributed by atoms with van der Waals surface area (Å²) in [6.45, 7) is 1.47. The fourth-order valence-corrected chi connectivity index (χ4v) is 4.15. The summed E-state index contributed by atoms with van der Waals surface area (Å²) in [4.78, 5) is 0. The Kier molecular flexibility index (Phi) is 8.10. The van der Waals surface area contributed by atoms with Crippen LogP contribution in [0, 0.1) is 15.2 Å². The van der Waals surface area contributed by atoms with E-state index in [-0.39, 0.29) is 40.0 Å². The molecule has 0 bridgehead atoms. The summed E-state index contributed by atoms with van der Waals surface area (Å²) in [6.07, 6.45) is 0. The zero-order chi connectivity index (χ0) is 24.2. The number of anilines is 4. The highest BCUT2D eigenvalue weighted by Gasteiger charge is 2.16. The molecule has 1 unspecified atom stereocenters. The second kappa shape index (κ2) is 10.6. The summed E-state index contributed by atoms with van der Waals surface area (Å²) in [5, 5.41) is 2.66. The Labute approximate surface area is 205 Å². The molecule has 3 N–H and O–H groups in total. The first-order valence-corrected chi connectivity index (χ1v) is 13.1. The van der Waals surface area contributed by atoms with E-state index in [1.165, 1.54) is 43.3 Å². The molecule has 0 amide bonds. The summed E-state index contributed by atoms with van der Waals surface area (Å²) < 4.78 is 85.8. The third kappa shape index (κ3) is 6.99. The molecule has 0 aliphatic heterocycles. The van der Waals surface area contributed by atoms with Crippen molar-refractivity contribution in [2.45, 2.75) is 6.92 Å². The molecule has 0 heterocycles. The SMILES string of the molecule is CCS(=O)(=O)Nc1cccc(Oc2cc(F)cc(Nc3ccc(I)cc3F)c2NS(=O)[O-])c1. The Bertz CT molecular complexity index is 1310. The maximum Gasteiger partial charge on any atom is 0.232 e. The monoisotopic (exact) mass is 608 g/mol. The van der Waals surface area contributed by atoms with Gasteiger partial charge in [-0.1, -0.05) is 6.07 Å². The first kappa shape index (κ1) is 25.1. The minimum atomic E-state index is -3.55. The normalized spacial score (nSPS) is 12.2. The summed E-state index contributed by atoms with van der Waals surface area (Å²) in [5.74, 6) is -1.69. The maximum atomic E-state index is 14.4. The van der Waals surface area contributed by atoms with Crippen molar-refractivity contribution in [1.29, 1.82) is 0 Å². The van der Waals surface area contributed by atoms with Crippen molar-refractivity contribution in [3.05, 3.63) is 69.8 Å². The predicted octanol–water partition coefficient (Wildman–Crippen LogP) is 5.07. The first-order chi connectivity index (χ1) is 15.6. The Balaban J connectivity index is 2.00. The molecule has 0 fully saturated rings. The molecule has 0 aromatic heterocycles. The van der Waals surface area contributed by atoms with Crippen LogP contribution in [0.4, 0.5) is 31.5 Å². The van der Waals surface area contributed by atoms with Crippen LogP contribution in [0.15, 0.2) is 54.6 Å². The van der Waals surface area contributed by atoms with Crippen LogP contribution in [0.3, 0.4) is 0 Å². The average Bonchev–Trinajstić information content (AvgIpc) is 2.72. The summed E-state index contributed by atoms with van der Waals surface area (Å²) in [6, 6.07) is 12.0. The molecule has 13 heteroatoms. The van der Waals surface area contributed by atoms with E-state index in [9.17, 15) is 26.0 Å². The van der Waals surface area contributed by atoms with Crippen molar-refractivity contribution in [3.8, 4) is 11.5 Å². The second-order valence-electron chi connectivity index (χ2n) is 6.55. The highest BCUT2D eigenvalue weighted by molar-refractivity contribution is 14.1. The van der Waals surface area contributed by atoms with Gasteiger partial charge >= 0.3 is 0 Å². The van der Waals surface area contributed by atoms with Crippen LogP contribution in [0.25, 0.3) is 0 Å². The molecule has 0 radical (unpaired) electrons. The van der Waals surface area contributed by atoms with Gasteiger partial charge in [0.1, 0.15) is 23.1 Å². The van der Waals surface area contributed by atoms with Crippen LogP contribution < -0.4 is 19.5 Å². The average molecular weight is 608 g/mol. The smallest absolute Gasteiger partial charge is 0.232 e. The molecule has 33 heavy (non-hydrogen) atoms. The fraction of sp³-hybridized carbons (Fsp3) is 0.100. The zero-order valence-corrected chi connectivity index (χ0v) is 20.7. The highest BCUT2D eigenvalue weighted by Crippen LogP contribution is 2.39. The molecule has 0 aliphatic rings. The van der Waals surface area contributed by atoms with Gasteiger partial charge in [-0.3, -0.25) is 8.93 Å². The van der Waals surface area contributed by atoms with Crippen molar-refractivity contribution in [2.75, 3.05) is 20.5 Å². The molecule has 8 nitrogen and oxygen atoms in total. The lowest BCUT2D eigenvalue weighted by Crippen LogP contribution is -2.14. The number of sulfonamides is 1. The van der Waals surface area contributed by atoms with E-state index < -0.39 is 32.9 Å². The van der Waals surface area contributed by atoms with Crippen molar-refractivity contribution in [3.63, 3.8) is 0 Å². The summed E-state index contributed by atoms with van der Waals surface area (Å²) >= 11 is -0.889. The van der Waals surface area contributed by atoms with Crippen LogP contribution in [0.2, 0.25) is 0 Å². The molecule has 0 aliphatic carbocycles. The van der Waals surface area contributed by atoms with E-state index in [1.807, 2.05) is 22.6 Å². The van der Waals surface area contributed by atoms with E-state index >= 15 is 0 Å². The minimum absolute atomic E-state index is 0.0114. The van der Waals surface area contributed by atoms with E-state index in [0.29, 0.717) is 3.57 Å². The van der Waals surface area contributed by atoms with Gasteiger partial charge in [0.15, 0.2) is 5.75 Å². The Morgan fingerprint density at radius 1 is 1.09 bits per heavy atom. The van der Waals surface area contributed by atoms with Crippen LogP contribution in [-0.2, 0) is 21.3 Å². The van der Waals surface area contributed by atoms with Gasteiger partial charge in [0.05, 0.1) is 22.8 Å². The molecule has 1 atom stereocenters. The van der Waals surface area contributed by atoms with Crippen LogP contribution in [0.5, 0.6) is 11.5 Å². The van der Waals surface area contributed by atoms with Gasteiger partial charge in [-0.05, 0) is 65.9 Å². The van der Waals surface area contributed by atoms with Crippen LogP contribution >= 0.6 is 22.6 Å². The fourth-order valence-electron chi connectivity index (χ4n) is 2.69. The van der Waals surface area contributed by atoms with E-state index in [4.69, 9.17) is 4.74 Å². The topological polar surface area (TPSA) is 120 Å². The van der Waals surface area contributed by atoms with Crippen LogP contribution in [-0.4, -0.2) is 22.9 Å².